The summed E-state index contributed by atoms with van der Waals surface area (Å²) in [5.74, 6) is -0.250. The molecular weight excluding hydrogens is 1110 g/mol. The van der Waals surface area contributed by atoms with E-state index in [1.54, 1.807) is 6.08 Å². The van der Waals surface area contributed by atoms with Gasteiger partial charge in [0.15, 0.2) is 12.6 Å². The standard InChI is InChI=1S/C74H135NO13/c1-3-5-7-9-11-13-15-17-19-21-23-25-27-29-30-31-32-34-36-38-40-42-44-46-48-50-52-54-56-58-66(79)75-62(61-85-73-71(84)69(82)72(65(60-77)87-73)88-74-70(83)68(81)67(80)64(59-76)86-74)63(78)57-55-53-51-49-47-45-43-41-39-37-35-33-28-26-24-22-20-18-16-14-12-10-8-6-4-2/h15,17,21,23,39,41,47,49,55,57,62-65,67-74,76-78,80-84H,3-14,16,18-20,22,24-38,40,42-46,48,50-54,56,58-61H2,1-2H3,(H,75,79)/b17-15-,23-21-,41-39+,49-47+,57-55+. The van der Waals surface area contributed by atoms with Crippen molar-refractivity contribution in [1.29, 1.82) is 0 Å². The van der Waals surface area contributed by atoms with Crippen LogP contribution < -0.4 is 5.32 Å². The third kappa shape index (κ3) is 42.0. The maximum atomic E-state index is 13.3. The second-order valence-corrected chi connectivity index (χ2v) is 25.7. The molecule has 2 rings (SSSR count). The van der Waals surface area contributed by atoms with Crippen molar-refractivity contribution in [2.24, 2.45) is 0 Å². The topological polar surface area (TPSA) is 228 Å². The highest BCUT2D eigenvalue weighted by atomic mass is 16.7. The number of nitrogens with one attached hydrogen (secondary N) is 1. The highest BCUT2D eigenvalue weighted by Crippen LogP contribution is 2.30. The van der Waals surface area contributed by atoms with Crippen LogP contribution in [-0.4, -0.2) is 140 Å². The van der Waals surface area contributed by atoms with Crippen LogP contribution in [0.1, 0.15) is 309 Å². The number of aliphatic hydroxyl groups is 8. The Bertz CT molecular complexity index is 1710. The Morgan fingerprint density at radius 2 is 0.761 bits per heavy atom. The number of hydrogen-bond acceptors (Lipinski definition) is 13. The first-order chi connectivity index (χ1) is 43.1. The molecule has 9 N–H and O–H groups in total. The summed E-state index contributed by atoms with van der Waals surface area (Å²) in [4.78, 5) is 13.3. The summed E-state index contributed by atoms with van der Waals surface area (Å²) in [5.41, 5.74) is 0. The Balaban J connectivity index is 1.68. The Labute approximate surface area is 536 Å². The molecule has 0 bridgehead atoms. The van der Waals surface area contributed by atoms with Gasteiger partial charge in [-0.1, -0.05) is 286 Å². The second kappa shape index (κ2) is 58.5. The number of rotatable bonds is 60. The van der Waals surface area contributed by atoms with E-state index in [2.05, 4.69) is 67.8 Å². The molecule has 2 aliphatic rings. The molecule has 514 valence electrons. The van der Waals surface area contributed by atoms with Gasteiger partial charge in [-0.25, -0.2) is 0 Å². The summed E-state index contributed by atoms with van der Waals surface area (Å²) < 4.78 is 22.9. The fourth-order valence-electron chi connectivity index (χ4n) is 11.8. The molecule has 2 saturated heterocycles. The lowest BCUT2D eigenvalue weighted by Gasteiger charge is -2.46. The van der Waals surface area contributed by atoms with E-state index in [-0.39, 0.29) is 18.9 Å². The molecule has 88 heavy (non-hydrogen) atoms. The normalized spacial score (nSPS) is 23.5. The number of carbonyl (C=O) groups excluding carboxylic acids is 1. The Kier molecular flexibility index (Phi) is 54.4. The number of allylic oxidation sites excluding steroid dienone is 9. The lowest BCUT2D eigenvalue weighted by Crippen LogP contribution is -2.65. The van der Waals surface area contributed by atoms with Gasteiger partial charge >= 0.3 is 0 Å². The van der Waals surface area contributed by atoms with Crippen LogP contribution in [0.2, 0.25) is 0 Å². The van der Waals surface area contributed by atoms with Crippen molar-refractivity contribution >= 4 is 5.91 Å². The molecule has 0 spiro atoms. The molecule has 2 heterocycles. The van der Waals surface area contributed by atoms with Crippen molar-refractivity contribution in [3.8, 4) is 0 Å². The summed E-state index contributed by atoms with van der Waals surface area (Å²) in [7, 11) is 0. The summed E-state index contributed by atoms with van der Waals surface area (Å²) in [6.45, 7) is 2.80. The number of ether oxygens (including phenoxy) is 4. The minimum atomic E-state index is -1.79. The van der Waals surface area contributed by atoms with Crippen LogP contribution in [-0.2, 0) is 23.7 Å². The lowest BCUT2D eigenvalue weighted by molar-refractivity contribution is -0.359. The van der Waals surface area contributed by atoms with Crippen LogP contribution in [0.15, 0.2) is 60.8 Å². The third-order valence-corrected chi connectivity index (χ3v) is 17.7. The second-order valence-electron chi connectivity index (χ2n) is 25.7. The first-order valence-electron chi connectivity index (χ1n) is 36.5. The molecule has 1 amide bonds. The van der Waals surface area contributed by atoms with Gasteiger partial charge in [0.1, 0.15) is 48.8 Å². The van der Waals surface area contributed by atoms with E-state index >= 15 is 0 Å². The van der Waals surface area contributed by atoms with Crippen LogP contribution in [0.3, 0.4) is 0 Å². The molecule has 12 unspecified atom stereocenters. The zero-order valence-electron chi connectivity index (χ0n) is 56.0. The maximum Gasteiger partial charge on any atom is 0.220 e. The van der Waals surface area contributed by atoms with Gasteiger partial charge in [0.25, 0.3) is 0 Å². The van der Waals surface area contributed by atoms with Crippen molar-refractivity contribution < 1.29 is 64.6 Å². The summed E-state index contributed by atoms with van der Waals surface area (Å²) in [6, 6.07) is -0.941. The van der Waals surface area contributed by atoms with Crippen LogP contribution in [0.4, 0.5) is 0 Å². The zero-order chi connectivity index (χ0) is 63.8. The first-order valence-corrected chi connectivity index (χ1v) is 36.5. The summed E-state index contributed by atoms with van der Waals surface area (Å²) in [5, 5.41) is 87.5. The molecule has 12 atom stereocenters. The molecule has 2 fully saturated rings. The number of unbranched alkanes of at least 4 members (excludes halogenated alkanes) is 39. The average molecular weight is 1250 g/mol. The molecule has 0 aliphatic carbocycles. The molecule has 14 heteroatoms. The summed E-state index contributed by atoms with van der Waals surface area (Å²) in [6.07, 6.45) is 61.4. The minimum absolute atomic E-state index is 0.250. The highest BCUT2D eigenvalue weighted by molar-refractivity contribution is 5.76. The largest absolute Gasteiger partial charge is 0.394 e. The smallest absolute Gasteiger partial charge is 0.220 e. The molecule has 0 saturated carbocycles. The van der Waals surface area contributed by atoms with E-state index in [4.69, 9.17) is 18.9 Å². The monoisotopic (exact) mass is 1250 g/mol. The quantitative estimate of drug-likeness (QED) is 0.0204. The van der Waals surface area contributed by atoms with Gasteiger partial charge in [-0.2, -0.15) is 0 Å². The maximum absolute atomic E-state index is 13.3. The Morgan fingerprint density at radius 1 is 0.409 bits per heavy atom. The third-order valence-electron chi connectivity index (χ3n) is 17.7. The van der Waals surface area contributed by atoms with Crippen LogP contribution in [0.25, 0.3) is 0 Å². The zero-order valence-corrected chi connectivity index (χ0v) is 56.0. The van der Waals surface area contributed by atoms with Crippen molar-refractivity contribution in [1.82, 2.24) is 5.32 Å². The molecule has 2 aliphatic heterocycles. The molecular formula is C74H135NO13. The van der Waals surface area contributed by atoms with Gasteiger partial charge in [0.05, 0.1) is 32.0 Å². The number of aliphatic hydroxyl groups excluding tert-OH is 8. The van der Waals surface area contributed by atoms with E-state index in [9.17, 15) is 45.6 Å². The van der Waals surface area contributed by atoms with Crippen LogP contribution >= 0.6 is 0 Å². The van der Waals surface area contributed by atoms with E-state index in [0.717, 1.165) is 51.4 Å². The molecule has 14 nitrogen and oxygen atoms in total. The van der Waals surface area contributed by atoms with E-state index in [1.807, 2.05) is 6.08 Å². The van der Waals surface area contributed by atoms with Crippen molar-refractivity contribution in [3.63, 3.8) is 0 Å². The SMILES string of the molecule is CCCCCCC/C=C\C/C=C\CCCCCCCCCCCCCCCCCCCC(=O)NC(COC1OC(CO)C(OC2OC(CO)C(O)C(O)C2O)C(O)C1O)C(O)/C=C/CC/C=C/CC/C=C/CCCCCCCCCCCCCCCCC. The van der Waals surface area contributed by atoms with Crippen molar-refractivity contribution in [2.75, 3.05) is 19.8 Å². The van der Waals surface area contributed by atoms with Crippen LogP contribution in [0.5, 0.6) is 0 Å². The average Bonchev–Trinajstić information content (AvgIpc) is 2.07. The summed E-state index contributed by atoms with van der Waals surface area (Å²) >= 11 is 0. The van der Waals surface area contributed by atoms with Gasteiger partial charge < -0.3 is 65.1 Å². The Hall–Kier alpha value is -2.31. The fourth-order valence-corrected chi connectivity index (χ4v) is 11.8. The number of amides is 1. The number of hydrogen-bond donors (Lipinski definition) is 9. The van der Waals surface area contributed by atoms with Crippen molar-refractivity contribution in [2.45, 2.75) is 383 Å². The molecule has 0 radical (unpaired) electrons. The van der Waals surface area contributed by atoms with E-state index in [0.29, 0.717) is 12.8 Å². The predicted molar refractivity (Wildman–Crippen MR) is 360 cm³/mol. The van der Waals surface area contributed by atoms with Crippen molar-refractivity contribution in [3.05, 3.63) is 60.8 Å². The molecule has 0 aromatic rings. The van der Waals surface area contributed by atoms with Gasteiger partial charge in [-0.15, -0.1) is 0 Å². The number of carbonyl (C=O) groups is 1. The minimum Gasteiger partial charge on any atom is -0.394 e. The lowest BCUT2D eigenvalue weighted by atomic mass is 9.97. The van der Waals surface area contributed by atoms with Crippen LogP contribution in [0, 0.1) is 0 Å². The van der Waals surface area contributed by atoms with Gasteiger partial charge in [-0.3, -0.25) is 4.79 Å². The van der Waals surface area contributed by atoms with Gasteiger partial charge in [0.2, 0.25) is 5.91 Å². The van der Waals surface area contributed by atoms with E-state index < -0.39 is 86.8 Å². The predicted octanol–water partition coefficient (Wildman–Crippen LogP) is 15.2. The molecule has 0 aromatic heterocycles. The van der Waals surface area contributed by atoms with Gasteiger partial charge in [-0.05, 0) is 77.0 Å². The first kappa shape index (κ1) is 81.8. The fraction of sp³-hybridized carbons (Fsp3) is 0.851. The Morgan fingerprint density at radius 3 is 1.18 bits per heavy atom. The highest BCUT2D eigenvalue weighted by Gasteiger charge is 2.51. The molecule has 0 aromatic carbocycles. The van der Waals surface area contributed by atoms with Gasteiger partial charge in [0, 0.05) is 6.42 Å². The van der Waals surface area contributed by atoms with E-state index in [1.165, 1.54) is 225 Å².